The maximum absolute atomic E-state index is 14.4. The van der Waals surface area contributed by atoms with Crippen LogP contribution in [0.15, 0.2) is 42.6 Å². The van der Waals surface area contributed by atoms with Crippen molar-refractivity contribution in [3.8, 4) is 11.1 Å². The number of methoxy groups -OCH3 is 1. The summed E-state index contributed by atoms with van der Waals surface area (Å²) in [4.78, 5) is 39.9. The Kier molecular flexibility index (Phi) is 7.85. The van der Waals surface area contributed by atoms with E-state index in [1.165, 1.54) is 13.2 Å². The molecule has 0 aliphatic carbocycles. The van der Waals surface area contributed by atoms with E-state index in [0.717, 1.165) is 22.3 Å². The smallest absolute Gasteiger partial charge is 0.339 e. The van der Waals surface area contributed by atoms with Gasteiger partial charge in [0.15, 0.2) is 0 Å². The summed E-state index contributed by atoms with van der Waals surface area (Å²) in [5.74, 6) is -0.295. The molecule has 9 nitrogen and oxygen atoms in total. The highest BCUT2D eigenvalue weighted by molar-refractivity contribution is 6.30. The molecule has 0 spiro atoms. The number of pyridine rings is 2. The zero-order chi connectivity index (χ0) is 32.3. The molecule has 0 N–H and O–H groups in total. The van der Waals surface area contributed by atoms with Gasteiger partial charge in [0.05, 0.1) is 42.1 Å². The first-order chi connectivity index (χ1) is 21.3. The van der Waals surface area contributed by atoms with Crippen LogP contribution >= 0.6 is 11.6 Å². The minimum absolute atomic E-state index is 0.0612. The van der Waals surface area contributed by atoms with Gasteiger partial charge in [0.2, 0.25) is 0 Å². The molecule has 2 saturated heterocycles. The number of halogens is 2. The highest BCUT2D eigenvalue weighted by Gasteiger charge is 2.39. The lowest BCUT2D eigenvalue weighted by molar-refractivity contribution is -0.109. The number of aryl methyl sites for hydroxylation is 2. The predicted molar refractivity (Wildman–Crippen MR) is 171 cm³/mol. The molecular weight excluding hydrogens is 597 g/mol. The predicted octanol–water partition coefficient (Wildman–Crippen LogP) is 6.07. The van der Waals surface area contributed by atoms with Crippen molar-refractivity contribution in [3.63, 3.8) is 0 Å². The van der Waals surface area contributed by atoms with Crippen molar-refractivity contribution in [1.82, 2.24) is 19.4 Å². The quantitative estimate of drug-likeness (QED) is 0.238. The average Bonchev–Trinajstić information content (AvgIpc) is 3.33. The van der Waals surface area contributed by atoms with Crippen molar-refractivity contribution in [2.24, 2.45) is 5.41 Å². The van der Waals surface area contributed by atoms with Gasteiger partial charge in [-0.25, -0.2) is 19.2 Å². The number of benzene rings is 1. The minimum atomic E-state index is -0.540. The van der Waals surface area contributed by atoms with Crippen LogP contribution in [0.5, 0.6) is 0 Å². The van der Waals surface area contributed by atoms with Crippen molar-refractivity contribution in [1.29, 1.82) is 0 Å². The van der Waals surface area contributed by atoms with E-state index in [4.69, 9.17) is 31.0 Å². The number of rotatable bonds is 6. The normalized spacial score (nSPS) is 17.3. The molecule has 3 aromatic heterocycles. The van der Waals surface area contributed by atoms with E-state index >= 15 is 0 Å². The molecule has 2 aliphatic rings. The van der Waals surface area contributed by atoms with Crippen LogP contribution in [0, 0.1) is 25.1 Å². The first kappa shape index (κ1) is 31.0. The van der Waals surface area contributed by atoms with Crippen molar-refractivity contribution >= 4 is 40.3 Å². The van der Waals surface area contributed by atoms with Crippen LogP contribution in [-0.2, 0) is 16.0 Å². The topological polar surface area (TPSA) is 89.8 Å². The molecule has 0 bridgehead atoms. The average molecular weight is 634 g/mol. The number of hydrogen-bond donors (Lipinski definition) is 0. The van der Waals surface area contributed by atoms with E-state index in [0.29, 0.717) is 67.6 Å². The number of hydrogen-bond acceptors (Lipinski definition) is 7. The fourth-order valence-corrected chi connectivity index (χ4v) is 6.62. The van der Waals surface area contributed by atoms with Crippen LogP contribution in [0.1, 0.15) is 52.9 Å². The first-order valence-electron chi connectivity index (χ1n) is 15.0. The van der Waals surface area contributed by atoms with E-state index in [1.54, 1.807) is 25.1 Å². The maximum atomic E-state index is 14.4. The van der Waals surface area contributed by atoms with Crippen LogP contribution in [-0.4, -0.2) is 76.8 Å². The van der Waals surface area contributed by atoms with Crippen molar-refractivity contribution in [3.05, 3.63) is 75.9 Å². The molecule has 0 radical (unpaired) electrons. The second kappa shape index (κ2) is 11.4. The summed E-state index contributed by atoms with van der Waals surface area (Å²) < 4.78 is 26.9. The number of ether oxygens (including phenoxy) is 2. The molecule has 2 aliphatic heterocycles. The van der Waals surface area contributed by atoms with Crippen molar-refractivity contribution < 1.29 is 23.5 Å². The molecule has 5 heterocycles. The summed E-state index contributed by atoms with van der Waals surface area (Å²) in [5.41, 5.74) is 3.80. The van der Waals surface area contributed by atoms with Gasteiger partial charge in [-0.15, -0.1) is 0 Å². The zero-order valence-electron chi connectivity index (χ0n) is 26.4. The lowest BCUT2D eigenvalue weighted by Gasteiger charge is -2.47. The van der Waals surface area contributed by atoms with E-state index in [1.807, 2.05) is 48.6 Å². The number of esters is 1. The van der Waals surface area contributed by atoms with Gasteiger partial charge >= 0.3 is 5.97 Å². The summed E-state index contributed by atoms with van der Waals surface area (Å²) >= 11 is 5.97. The van der Waals surface area contributed by atoms with Gasteiger partial charge in [0.1, 0.15) is 23.0 Å². The molecule has 1 amide bonds. The Morgan fingerprint density at radius 1 is 1.07 bits per heavy atom. The number of aromatic nitrogens is 3. The third-order valence-corrected chi connectivity index (χ3v) is 9.18. The van der Waals surface area contributed by atoms with Crippen molar-refractivity contribution in [2.75, 3.05) is 44.9 Å². The number of nitrogens with zero attached hydrogens (tertiary/aromatic N) is 5. The summed E-state index contributed by atoms with van der Waals surface area (Å²) in [7, 11) is 1.36. The van der Waals surface area contributed by atoms with Crippen LogP contribution in [0.2, 0.25) is 5.02 Å². The lowest BCUT2D eigenvalue weighted by atomic mass is 9.89. The molecule has 0 unspecified atom stereocenters. The third kappa shape index (κ3) is 5.66. The van der Waals surface area contributed by atoms with Gasteiger partial charge in [-0.3, -0.25) is 4.79 Å². The molecular formula is C34H37ClFN5O4. The van der Waals surface area contributed by atoms with Crippen LogP contribution in [0.3, 0.4) is 0 Å². The number of carbonyl (C=O) groups excluding carboxylic acids is 2. The molecule has 2 fully saturated rings. The van der Waals surface area contributed by atoms with Gasteiger partial charge in [0.25, 0.3) is 5.91 Å². The van der Waals surface area contributed by atoms with Gasteiger partial charge in [-0.2, -0.15) is 0 Å². The number of carbonyl (C=O) groups is 2. The Morgan fingerprint density at radius 2 is 1.82 bits per heavy atom. The van der Waals surface area contributed by atoms with Gasteiger partial charge in [-0.05, 0) is 69.2 Å². The summed E-state index contributed by atoms with van der Waals surface area (Å²) in [6, 6.07) is 10.3. The molecule has 1 aromatic carbocycles. The van der Waals surface area contributed by atoms with E-state index < -0.39 is 17.3 Å². The van der Waals surface area contributed by atoms with E-state index in [-0.39, 0.29) is 16.3 Å². The summed E-state index contributed by atoms with van der Waals surface area (Å²) in [6.07, 6.45) is 1.98. The monoisotopic (exact) mass is 633 g/mol. The zero-order valence-corrected chi connectivity index (χ0v) is 27.2. The fraction of sp³-hybridized carbons (Fsp3) is 0.412. The Bertz CT molecular complexity index is 1810. The van der Waals surface area contributed by atoms with E-state index in [9.17, 15) is 14.0 Å². The number of anilines is 1. The Balaban J connectivity index is 1.30. The van der Waals surface area contributed by atoms with E-state index in [2.05, 4.69) is 11.8 Å². The number of piperazine rings is 1. The molecule has 6 rings (SSSR count). The summed E-state index contributed by atoms with van der Waals surface area (Å²) in [5, 5.41) is 0.892. The lowest BCUT2D eigenvalue weighted by Crippen LogP contribution is -2.61. The third-order valence-electron chi connectivity index (χ3n) is 8.87. The van der Waals surface area contributed by atoms with Gasteiger partial charge in [0, 0.05) is 48.7 Å². The first-order valence-corrected chi connectivity index (χ1v) is 15.3. The standard InChI is InChI=1S/C34H37ClFN5O4/c1-20-13-28(37-21(2)29(20)32(43)44-6)39-11-12-41(33(3,4)16-39)31(42)27-10-8-23-24(22-7-9-25(35)26(36)14-22)15-40(30(23)38-27)17-34(5)18-45-19-34/h7-10,13-15H,11-12,16-19H2,1-6H3. The Morgan fingerprint density at radius 3 is 2.44 bits per heavy atom. The van der Waals surface area contributed by atoms with Crippen LogP contribution in [0.4, 0.5) is 10.2 Å². The van der Waals surface area contributed by atoms with Crippen molar-refractivity contribution in [2.45, 2.75) is 46.7 Å². The van der Waals surface area contributed by atoms with Crippen LogP contribution < -0.4 is 4.90 Å². The molecule has 0 atom stereocenters. The minimum Gasteiger partial charge on any atom is -0.465 e. The maximum Gasteiger partial charge on any atom is 0.339 e. The Labute approximate surface area is 266 Å². The second-order valence-electron chi connectivity index (χ2n) is 13.1. The fourth-order valence-electron chi connectivity index (χ4n) is 6.50. The van der Waals surface area contributed by atoms with Gasteiger partial charge in [-0.1, -0.05) is 24.6 Å². The molecule has 0 saturated carbocycles. The largest absolute Gasteiger partial charge is 0.465 e. The molecule has 236 valence electrons. The number of amides is 1. The van der Waals surface area contributed by atoms with Crippen LogP contribution in [0.25, 0.3) is 22.2 Å². The highest BCUT2D eigenvalue weighted by Crippen LogP contribution is 2.36. The number of fused-ring (bicyclic) bond motifs is 1. The van der Waals surface area contributed by atoms with Gasteiger partial charge < -0.3 is 23.8 Å². The molecule has 4 aromatic rings. The molecule has 11 heteroatoms. The highest BCUT2D eigenvalue weighted by atomic mass is 35.5. The second-order valence-corrected chi connectivity index (χ2v) is 13.5. The molecule has 45 heavy (non-hydrogen) atoms. The summed E-state index contributed by atoms with van der Waals surface area (Å²) in [6.45, 7) is 13.4. The Hall–Kier alpha value is -4.02. The SMILES string of the molecule is COC(=O)c1c(C)cc(N2CCN(C(=O)c3ccc4c(-c5ccc(Cl)c(F)c5)cn(CC5(C)COC5)c4n3)C(C)(C)C2)nc1C.